The van der Waals surface area contributed by atoms with Crippen LogP contribution in [0.5, 0.6) is 0 Å². The van der Waals surface area contributed by atoms with E-state index >= 15 is 0 Å². The molecule has 3 heteroatoms. The average Bonchev–Trinajstić information content (AvgIpc) is 2.86. The summed E-state index contributed by atoms with van der Waals surface area (Å²) in [5.74, 6) is 1.83. The maximum atomic E-state index is 4.78. The monoisotopic (exact) mass is 303 g/mol. The summed E-state index contributed by atoms with van der Waals surface area (Å²) >= 11 is 0. The van der Waals surface area contributed by atoms with E-state index in [0.717, 1.165) is 11.7 Å². The predicted molar refractivity (Wildman–Crippen MR) is 95.4 cm³/mol. The van der Waals surface area contributed by atoms with Gasteiger partial charge in [-0.2, -0.15) is 0 Å². The lowest BCUT2D eigenvalue weighted by molar-refractivity contribution is 0.228. The minimum Gasteiger partial charge on any atom is -0.352 e. The zero-order chi connectivity index (χ0) is 16.3. The minimum atomic E-state index is 0.474. The van der Waals surface area contributed by atoms with Crippen molar-refractivity contribution in [2.75, 3.05) is 18.0 Å². The Morgan fingerprint density at radius 3 is 2.32 bits per heavy atom. The maximum absolute atomic E-state index is 4.78. The average molecular weight is 303 g/mol. The van der Waals surface area contributed by atoms with Gasteiger partial charge in [-0.1, -0.05) is 19.9 Å². The zero-order valence-corrected chi connectivity index (χ0v) is 15.2. The van der Waals surface area contributed by atoms with E-state index in [2.05, 4.69) is 69.7 Å². The van der Waals surface area contributed by atoms with Gasteiger partial charge in [0, 0.05) is 30.9 Å². The van der Waals surface area contributed by atoms with Gasteiger partial charge in [0.2, 0.25) is 0 Å². The van der Waals surface area contributed by atoms with E-state index in [1.54, 1.807) is 0 Å². The van der Waals surface area contributed by atoms with Crippen LogP contribution in [0, 0.1) is 5.92 Å². The first-order chi connectivity index (χ1) is 10.4. The highest BCUT2D eigenvalue weighted by Crippen LogP contribution is 2.32. The van der Waals surface area contributed by atoms with Crippen molar-refractivity contribution in [2.45, 2.75) is 72.5 Å². The molecule has 2 heterocycles. The zero-order valence-electron chi connectivity index (χ0n) is 15.2. The van der Waals surface area contributed by atoms with Gasteiger partial charge in [0.15, 0.2) is 0 Å². The van der Waals surface area contributed by atoms with Crippen molar-refractivity contribution in [1.29, 1.82) is 0 Å². The standard InChI is InChI=1S/C19H33N3/c1-14(2)13-21-11-7-8-18(21)17-9-10-19(20-12-17)22(15(3)4)16(5)6/h9-10,12,14-16,18H,7-8,11,13H2,1-6H3/t18-/m1/s1. The molecule has 2 rings (SSSR count). The van der Waals surface area contributed by atoms with E-state index in [4.69, 9.17) is 4.98 Å². The third-order valence-electron chi connectivity index (χ3n) is 4.50. The molecule has 1 aliphatic rings. The van der Waals surface area contributed by atoms with Crippen LogP contribution in [0.4, 0.5) is 5.82 Å². The Morgan fingerprint density at radius 1 is 1.14 bits per heavy atom. The van der Waals surface area contributed by atoms with E-state index in [1.807, 2.05) is 0 Å². The van der Waals surface area contributed by atoms with Crippen LogP contribution in [0.1, 0.15) is 66.0 Å². The molecule has 1 atom stereocenters. The van der Waals surface area contributed by atoms with Crippen LogP contribution in [0.2, 0.25) is 0 Å². The van der Waals surface area contributed by atoms with Crippen molar-refractivity contribution in [3.05, 3.63) is 23.9 Å². The van der Waals surface area contributed by atoms with Gasteiger partial charge in [-0.05, 0) is 64.6 Å². The van der Waals surface area contributed by atoms with E-state index in [-0.39, 0.29) is 0 Å². The fourth-order valence-corrected chi connectivity index (χ4v) is 3.76. The molecule has 22 heavy (non-hydrogen) atoms. The third kappa shape index (κ3) is 4.01. The van der Waals surface area contributed by atoms with Gasteiger partial charge in [0.05, 0.1) is 0 Å². The molecule has 0 aromatic carbocycles. The first kappa shape index (κ1) is 17.3. The maximum Gasteiger partial charge on any atom is 0.128 e. The van der Waals surface area contributed by atoms with Gasteiger partial charge in [-0.25, -0.2) is 4.98 Å². The molecule has 1 saturated heterocycles. The Hall–Kier alpha value is -1.09. The summed E-state index contributed by atoms with van der Waals surface area (Å²) in [4.78, 5) is 9.79. The van der Waals surface area contributed by atoms with Crippen LogP contribution >= 0.6 is 0 Å². The highest BCUT2D eigenvalue weighted by Gasteiger charge is 2.26. The first-order valence-corrected chi connectivity index (χ1v) is 8.88. The van der Waals surface area contributed by atoms with Crippen LogP contribution < -0.4 is 4.90 Å². The molecule has 0 saturated carbocycles. The molecule has 0 aliphatic carbocycles. The number of hydrogen-bond acceptors (Lipinski definition) is 3. The van der Waals surface area contributed by atoms with E-state index < -0.39 is 0 Å². The van der Waals surface area contributed by atoms with Crippen LogP contribution in [-0.2, 0) is 0 Å². The summed E-state index contributed by atoms with van der Waals surface area (Å²) in [6.45, 7) is 16.0. The fraction of sp³-hybridized carbons (Fsp3) is 0.737. The predicted octanol–water partition coefficient (Wildman–Crippen LogP) is 4.50. The summed E-state index contributed by atoms with van der Waals surface area (Å²) in [7, 11) is 0. The Balaban J connectivity index is 2.14. The summed E-state index contributed by atoms with van der Waals surface area (Å²) in [5, 5.41) is 0. The van der Waals surface area contributed by atoms with Crippen LogP contribution in [0.3, 0.4) is 0 Å². The molecule has 0 amide bonds. The van der Waals surface area contributed by atoms with Gasteiger partial charge in [-0.3, -0.25) is 4.90 Å². The van der Waals surface area contributed by atoms with Crippen LogP contribution in [0.15, 0.2) is 18.3 Å². The van der Waals surface area contributed by atoms with E-state index in [0.29, 0.717) is 18.1 Å². The number of hydrogen-bond donors (Lipinski definition) is 0. The molecular weight excluding hydrogens is 270 g/mol. The number of likely N-dealkylation sites (tertiary alicyclic amines) is 1. The third-order valence-corrected chi connectivity index (χ3v) is 4.50. The van der Waals surface area contributed by atoms with Crippen molar-refractivity contribution < 1.29 is 0 Å². The summed E-state index contributed by atoms with van der Waals surface area (Å²) < 4.78 is 0. The number of nitrogens with zero attached hydrogens (tertiary/aromatic N) is 3. The Labute approximate surface area is 136 Å². The second-order valence-corrected chi connectivity index (χ2v) is 7.59. The van der Waals surface area contributed by atoms with Crippen molar-refractivity contribution in [3.63, 3.8) is 0 Å². The molecule has 1 aromatic rings. The van der Waals surface area contributed by atoms with Crippen LogP contribution in [0.25, 0.3) is 0 Å². The molecule has 0 bridgehead atoms. The highest BCUT2D eigenvalue weighted by atomic mass is 15.2. The van der Waals surface area contributed by atoms with Gasteiger partial charge >= 0.3 is 0 Å². The van der Waals surface area contributed by atoms with Gasteiger partial charge in [0.25, 0.3) is 0 Å². The van der Waals surface area contributed by atoms with Crippen molar-refractivity contribution in [3.8, 4) is 0 Å². The van der Waals surface area contributed by atoms with E-state index in [1.165, 1.54) is 31.5 Å². The lowest BCUT2D eigenvalue weighted by Crippen LogP contribution is -2.37. The lowest BCUT2D eigenvalue weighted by Gasteiger charge is -2.32. The van der Waals surface area contributed by atoms with Gasteiger partial charge in [-0.15, -0.1) is 0 Å². The fourth-order valence-electron chi connectivity index (χ4n) is 3.76. The topological polar surface area (TPSA) is 19.4 Å². The smallest absolute Gasteiger partial charge is 0.128 e. The molecule has 0 spiro atoms. The minimum absolute atomic E-state index is 0.474. The van der Waals surface area contributed by atoms with Crippen LogP contribution in [-0.4, -0.2) is 35.1 Å². The number of anilines is 1. The quantitative estimate of drug-likeness (QED) is 0.771. The molecule has 0 N–H and O–H groups in total. The number of pyridine rings is 1. The molecular formula is C19H33N3. The van der Waals surface area contributed by atoms with E-state index in [9.17, 15) is 0 Å². The molecule has 124 valence electrons. The molecule has 0 radical (unpaired) electrons. The highest BCUT2D eigenvalue weighted by molar-refractivity contribution is 5.41. The second kappa shape index (κ2) is 7.45. The molecule has 1 fully saturated rings. The first-order valence-electron chi connectivity index (χ1n) is 8.88. The summed E-state index contributed by atoms with van der Waals surface area (Å²) in [6, 6.07) is 6.02. The lowest BCUT2D eigenvalue weighted by atomic mass is 10.1. The van der Waals surface area contributed by atoms with Crippen molar-refractivity contribution in [2.24, 2.45) is 5.92 Å². The Morgan fingerprint density at radius 2 is 1.82 bits per heavy atom. The molecule has 1 aromatic heterocycles. The summed E-state index contributed by atoms with van der Waals surface area (Å²) in [5.41, 5.74) is 1.38. The normalized spacial score (nSPS) is 19.6. The summed E-state index contributed by atoms with van der Waals surface area (Å²) in [6.07, 6.45) is 4.69. The second-order valence-electron chi connectivity index (χ2n) is 7.59. The number of aromatic nitrogens is 1. The number of rotatable bonds is 6. The van der Waals surface area contributed by atoms with Gasteiger partial charge in [0.1, 0.15) is 5.82 Å². The van der Waals surface area contributed by atoms with Crippen molar-refractivity contribution >= 4 is 5.82 Å². The van der Waals surface area contributed by atoms with Crippen molar-refractivity contribution in [1.82, 2.24) is 9.88 Å². The molecule has 3 nitrogen and oxygen atoms in total. The molecule has 0 unspecified atom stereocenters. The Bertz CT molecular complexity index is 442. The van der Waals surface area contributed by atoms with Gasteiger partial charge < -0.3 is 4.90 Å². The molecule has 1 aliphatic heterocycles. The largest absolute Gasteiger partial charge is 0.352 e. The Kier molecular flexibility index (Phi) is 5.85. The SMILES string of the molecule is CC(C)CN1CCC[C@@H]1c1ccc(N(C(C)C)C(C)C)nc1.